The van der Waals surface area contributed by atoms with E-state index in [0.717, 1.165) is 25.7 Å². The van der Waals surface area contributed by atoms with Crippen LogP contribution in [0.4, 0.5) is 4.79 Å². The Hall–Kier alpha value is -2.77. The van der Waals surface area contributed by atoms with Gasteiger partial charge >= 0.3 is 6.09 Å². The molecule has 1 aromatic carbocycles. The summed E-state index contributed by atoms with van der Waals surface area (Å²) in [5, 5.41) is 5.28. The highest BCUT2D eigenvalue weighted by atomic mass is 16.6. The maximum Gasteiger partial charge on any atom is 0.408 e. The lowest BCUT2D eigenvalue weighted by Gasteiger charge is -2.32. The number of likely N-dealkylation sites (tertiary alicyclic amines) is 1. The number of benzene rings is 1. The largest absolute Gasteiger partial charge is 0.484 e. The molecule has 32 heavy (non-hydrogen) atoms. The molecule has 0 bridgehead atoms. The van der Waals surface area contributed by atoms with E-state index in [9.17, 15) is 14.4 Å². The van der Waals surface area contributed by atoms with E-state index in [1.165, 1.54) is 5.56 Å². The van der Waals surface area contributed by atoms with Crippen LogP contribution in [0.1, 0.15) is 52.5 Å². The van der Waals surface area contributed by atoms with Gasteiger partial charge in [-0.2, -0.15) is 0 Å². The zero-order chi connectivity index (χ0) is 23.6. The number of amides is 3. The monoisotopic (exact) mass is 447 g/mol. The topological polar surface area (TPSA) is 97.0 Å². The molecule has 0 unspecified atom stereocenters. The predicted molar refractivity (Wildman–Crippen MR) is 122 cm³/mol. The van der Waals surface area contributed by atoms with Crippen molar-refractivity contribution in [1.82, 2.24) is 15.5 Å². The Balaban J connectivity index is 1.61. The van der Waals surface area contributed by atoms with Gasteiger partial charge in [-0.3, -0.25) is 9.59 Å². The highest BCUT2D eigenvalue weighted by Crippen LogP contribution is 2.18. The fourth-order valence-corrected chi connectivity index (χ4v) is 3.45. The van der Waals surface area contributed by atoms with Crippen LogP contribution in [-0.4, -0.2) is 61.2 Å². The molecule has 0 atom stereocenters. The summed E-state index contributed by atoms with van der Waals surface area (Å²) in [5.74, 6) is 0.728. The molecule has 1 heterocycles. The van der Waals surface area contributed by atoms with Crippen molar-refractivity contribution < 1.29 is 23.9 Å². The standard InChI is InChI=1S/C24H37N3O5/c1-5-6-18-7-9-20(10-8-18)31-17-22(29)27-13-11-19(12-14-27)15-25-21(28)16-26-23(30)32-24(2,3)4/h7-10,19H,5-6,11-17H2,1-4H3,(H,25,28)(H,26,30). The second-order valence-corrected chi connectivity index (χ2v) is 9.17. The van der Waals surface area contributed by atoms with Crippen molar-refractivity contribution in [2.75, 3.05) is 32.8 Å². The quantitative estimate of drug-likeness (QED) is 0.607. The number of ether oxygens (including phenoxy) is 2. The van der Waals surface area contributed by atoms with Crippen molar-refractivity contribution in [2.24, 2.45) is 5.92 Å². The van der Waals surface area contributed by atoms with Gasteiger partial charge in [0.15, 0.2) is 6.61 Å². The number of carbonyl (C=O) groups excluding carboxylic acids is 3. The van der Waals surface area contributed by atoms with E-state index in [1.54, 1.807) is 20.8 Å². The number of alkyl carbamates (subject to hydrolysis) is 1. The number of carbonyl (C=O) groups is 3. The van der Waals surface area contributed by atoms with Crippen LogP contribution >= 0.6 is 0 Å². The molecule has 1 aromatic rings. The molecular weight excluding hydrogens is 410 g/mol. The van der Waals surface area contributed by atoms with Crippen LogP contribution in [0.15, 0.2) is 24.3 Å². The number of rotatable bonds is 9. The molecule has 1 aliphatic heterocycles. The Morgan fingerprint density at radius 3 is 2.31 bits per heavy atom. The highest BCUT2D eigenvalue weighted by molar-refractivity contribution is 5.82. The molecule has 0 radical (unpaired) electrons. The SMILES string of the molecule is CCCc1ccc(OCC(=O)N2CCC(CNC(=O)CNC(=O)OC(C)(C)C)CC2)cc1. The molecule has 0 spiro atoms. The van der Waals surface area contributed by atoms with Crippen LogP contribution in [0.3, 0.4) is 0 Å². The average molecular weight is 448 g/mol. The van der Waals surface area contributed by atoms with Gasteiger partial charge in [0.1, 0.15) is 11.4 Å². The Kier molecular flexibility index (Phi) is 9.81. The van der Waals surface area contributed by atoms with Crippen molar-refractivity contribution in [1.29, 1.82) is 0 Å². The summed E-state index contributed by atoms with van der Waals surface area (Å²) in [7, 11) is 0. The molecule has 0 aliphatic carbocycles. The molecule has 2 rings (SSSR count). The molecule has 1 aliphatic rings. The number of nitrogens with one attached hydrogen (secondary N) is 2. The fraction of sp³-hybridized carbons (Fsp3) is 0.625. The molecular formula is C24H37N3O5. The van der Waals surface area contributed by atoms with E-state index in [2.05, 4.69) is 17.6 Å². The molecule has 1 fully saturated rings. The molecule has 1 saturated heterocycles. The van der Waals surface area contributed by atoms with E-state index in [4.69, 9.17) is 9.47 Å². The molecule has 178 valence electrons. The number of hydrogen-bond donors (Lipinski definition) is 2. The number of piperidine rings is 1. The first-order chi connectivity index (χ1) is 15.2. The normalized spacial score (nSPS) is 14.6. The van der Waals surface area contributed by atoms with Gasteiger partial charge in [-0.25, -0.2) is 4.79 Å². The molecule has 8 nitrogen and oxygen atoms in total. The van der Waals surface area contributed by atoms with Crippen LogP contribution < -0.4 is 15.4 Å². The highest BCUT2D eigenvalue weighted by Gasteiger charge is 2.23. The first-order valence-corrected chi connectivity index (χ1v) is 11.4. The third-order valence-electron chi connectivity index (χ3n) is 5.17. The zero-order valence-electron chi connectivity index (χ0n) is 19.7. The third kappa shape index (κ3) is 9.58. The van der Waals surface area contributed by atoms with Gasteiger partial charge in [-0.05, 0) is 63.6 Å². The maximum absolute atomic E-state index is 12.4. The van der Waals surface area contributed by atoms with E-state index < -0.39 is 11.7 Å². The van der Waals surface area contributed by atoms with Crippen molar-refractivity contribution in [3.8, 4) is 5.75 Å². The molecule has 3 amide bonds. The van der Waals surface area contributed by atoms with Gasteiger partial charge in [0.05, 0.1) is 6.54 Å². The number of nitrogens with zero attached hydrogens (tertiary/aromatic N) is 1. The van der Waals surface area contributed by atoms with Crippen LogP contribution in [0.5, 0.6) is 5.75 Å². The van der Waals surface area contributed by atoms with Crippen LogP contribution in [0, 0.1) is 5.92 Å². The first kappa shape index (κ1) is 25.5. The van der Waals surface area contributed by atoms with Gasteiger partial charge in [-0.15, -0.1) is 0 Å². The molecule has 8 heteroatoms. The average Bonchev–Trinajstić information content (AvgIpc) is 2.75. The minimum atomic E-state index is -0.612. The summed E-state index contributed by atoms with van der Waals surface area (Å²) < 4.78 is 10.7. The van der Waals surface area contributed by atoms with Gasteiger partial charge in [0, 0.05) is 19.6 Å². The lowest BCUT2D eigenvalue weighted by atomic mass is 9.97. The van der Waals surface area contributed by atoms with Crippen molar-refractivity contribution >= 4 is 17.9 Å². The maximum atomic E-state index is 12.4. The van der Waals surface area contributed by atoms with Crippen LogP contribution in [-0.2, 0) is 20.7 Å². The van der Waals surface area contributed by atoms with E-state index in [1.807, 2.05) is 29.2 Å². The number of aryl methyl sites for hydroxylation is 1. The minimum absolute atomic E-state index is 0.0216. The Morgan fingerprint density at radius 1 is 1.06 bits per heavy atom. The number of hydrogen-bond acceptors (Lipinski definition) is 5. The van der Waals surface area contributed by atoms with Gasteiger partial charge in [0.2, 0.25) is 5.91 Å². The van der Waals surface area contributed by atoms with Crippen LogP contribution in [0.25, 0.3) is 0 Å². The molecule has 2 N–H and O–H groups in total. The second kappa shape index (κ2) is 12.3. The lowest BCUT2D eigenvalue weighted by molar-refractivity contribution is -0.135. The summed E-state index contributed by atoms with van der Waals surface area (Å²) in [6.45, 7) is 9.17. The molecule has 0 aromatic heterocycles. The minimum Gasteiger partial charge on any atom is -0.484 e. The smallest absolute Gasteiger partial charge is 0.408 e. The summed E-state index contributed by atoms with van der Waals surface area (Å²) in [5.41, 5.74) is 0.664. The fourth-order valence-electron chi connectivity index (χ4n) is 3.45. The predicted octanol–water partition coefficient (Wildman–Crippen LogP) is 2.90. The van der Waals surface area contributed by atoms with Crippen molar-refractivity contribution in [3.05, 3.63) is 29.8 Å². The summed E-state index contributed by atoms with van der Waals surface area (Å²) >= 11 is 0. The Bertz CT molecular complexity index is 750. The lowest BCUT2D eigenvalue weighted by Crippen LogP contribution is -2.45. The summed E-state index contributed by atoms with van der Waals surface area (Å²) in [4.78, 5) is 37.8. The van der Waals surface area contributed by atoms with Crippen molar-refractivity contribution in [2.45, 2.75) is 59.0 Å². The Labute approximate surface area is 191 Å². The van der Waals surface area contributed by atoms with Crippen LogP contribution in [0.2, 0.25) is 0 Å². The van der Waals surface area contributed by atoms with E-state index in [0.29, 0.717) is 31.3 Å². The third-order valence-corrected chi connectivity index (χ3v) is 5.17. The van der Waals surface area contributed by atoms with Gasteiger partial charge in [0.25, 0.3) is 5.91 Å². The molecule has 0 saturated carbocycles. The van der Waals surface area contributed by atoms with Crippen molar-refractivity contribution in [3.63, 3.8) is 0 Å². The Morgan fingerprint density at radius 2 is 1.72 bits per heavy atom. The van der Waals surface area contributed by atoms with E-state index in [-0.39, 0.29) is 25.0 Å². The summed E-state index contributed by atoms with van der Waals surface area (Å²) in [6, 6.07) is 7.88. The summed E-state index contributed by atoms with van der Waals surface area (Å²) in [6.07, 6.45) is 3.16. The van der Waals surface area contributed by atoms with Gasteiger partial charge in [-0.1, -0.05) is 25.5 Å². The second-order valence-electron chi connectivity index (χ2n) is 9.17. The zero-order valence-corrected chi connectivity index (χ0v) is 19.7. The van der Waals surface area contributed by atoms with E-state index >= 15 is 0 Å². The first-order valence-electron chi connectivity index (χ1n) is 11.4. The van der Waals surface area contributed by atoms with Gasteiger partial charge < -0.3 is 25.0 Å².